The Bertz CT molecular complexity index is 2830. The normalized spacial score (nSPS) is 14.1. The van der Waals surface area contributed by atoms with Crippen LogP contribution < -0.4 is 4.90 Å². The van der Waals surface area contributed by atoms with Crippen LogP contribution in [-0.4, -0.2) is 4.57 Å². The van der Waals surface area contributed by atoms with Crippen molar-refractivity contribution in [2.45, 2.75) is 12.3 Å². The Kier molecular flexibility index (Phi) is 8.00. The molecule has 1 unspecified atom stereocenters. The summed E-state index contributed by atoms with van der Waals surface area (Å²) in [5.74, 6) is 0.163. The third-order valence-corrected chi connectivity index (χ3v) is 10.9. The second kappa shape index (κ2) is 13.6. The van der Waals surface area contributed by atoms with Gasteiger partial charge < -0.3 is 9.47 Å². The van der Waals surface area contributed by atoms with Crippen LogP contribution in [0.25, 0.3) is 60.5 Å². The maximum atomic E-state index is 2.48. The van der Waals surface area contributed by atoms with Crippen molar-refractivity contribution < 1.29 is 0 Å². The number of fused-ring (bicyclic) bond motifs is 5. The molecule has 0 saturated carbocycles. The highest BCUT2D eigenvalue weighted by atomic mass is 15.2. The van der Waals surface area contributed by atoms with Gasteiger partial charge in [-0.25, -0.2) is 0 Å². The third kappa shape index (κ3) is 5.52. The molecule has 2 heteroatoms. The standard InChI is InChI=1S/C52H38N2/c1-4-17-37(18-5-1)38-31-33-42(34-32-38)53(49-29-14-12-25-44(49)39-19-6-2-7-20-39)43-24-16-21-40(35-43)48-36-51-52(46-27-11-10-26-45(46)48)47-28-13-15-30-50(47)54(51)41-22-8-3-9-23-41/h1-34,36,40H,35H2. The van der Waals surface area contributed by atoms with Crippen molar-refractivity contribution in [2.24, 2.45) is 0 Å². The topological polar surface area (TPSA) is 8.17 Å². The van der Waals surface area contributed by atoms with Crippen LogP contribution in [-0.2, 0) is 0 Å². The fraction of sp³-hybridized carbons (Fsp3) is 0.0385. The van der Waals surface area contributed by atoms with Crippen LogP contribution in [0.5, 0.6) is 0 Å². The van der Waals surface area contributed by atoms with Crippen molar-refractivity contribution in [1.29, 1.82) is 0 Å². The number of hydrogen-bond donors (Lipinski definition) is 0. The number of aromatic nitrogens is 1. The summed E-state index contributed by atoms with van der Waals surface area (Å²) in [6, 6.07) is 70.4. The second-order valence-electron chi connectivity index (χ2n) is 14.1. The average molecular weight is 691 g/mol. The van der Waals surface area contributed by atoms with Crippen molar-refractivity contribution in [2.75, 3.05) is 4.90 Å². The molecule has 0 saturated heterocycles. The molecule has 2 nitrogen and oxygen atoms in total. The summed E-state index contributed by atoms with van der Waals surface area (Å²) in [6.07, 6.45) is 7.82. The van der Waals surface area contributed by atoms with E-state index in [2.05, 4.69) is 222 Å². The maximum absolute atomic E-state index is 2.48. The largest absolute Gasteiger partial charge is 0.314 e. The summed E-state index contributed by atoms with van der Waals surface area (Å²) in [5.41, 5.74) is 13.4. The molecule has 0 fully saturated rings. The Morgan fingerprint density at radius 1 is 0.481 bits per heavy atom. The molecule has 0 N–H and O–H groups in total. The smallest absolute Gasteiger partial charge is 0.0550 e. The van der Waals surface area contributed by atoms with Gasteiger partial charge in [0.25, 0.3) is 0 Å². The zero-order chi connectivity index (χ0) is 35.8. The van der Waals surface area contributed by atoms with Gasteiger partial charge in [0, 0.05) is 39.3 Å². The number of hydrogen-bond acceptors (Lipinski definition) is 1. The number of nitrogens with zero attached hydrogens (tertiary/aromatic N) is 2. The summed E-state index contributed by atoms with van der Waals surface area (Å²) < 4.78 is 2.45. The maximum Gasteiger partial charge on any atom is 0.0550 e. The molecule has 0 spiro atoms. The highest BCUT2D eigenvalue weighted by Crippen LogP contribution is 2.45. The molecule has 1 heterocycles. The van der Waals surface area contributed by atoms with E-state index in [1.165, 1.54) is 77.5 Å². The van der Waals surface area contributed by atoms with E-state index in [0.717, 1.165) is 12.1 Å². The van der Waals surface area contributed by atoms with E-state index in [-0.39, 0.29) is 5.92 Å². The van der Waals surface area contributed by atoms with E-state index in [9.17, 15) is 0 Å². The van der Waals surface area contributed by atoms with Crippen molar-refractivity contribution in [3.63, 3.8) is 0 Å². The number of benzene rings is 8. The summed E-state index contributed by atoms with van der Waals surface area (Å²) in [5, 5.41) is 5.19. The minimum Gasteiger partial charge on any atom is -0.314 e. The minimum absolute atomic E-state index is 0.163. The lowest BCUT2D eigenvalue weighted by Crippen LogP contribution is -2.20. The Labute approximate surface area is 316 Å². The van der Waals surface area contributed by atoms with Gasteiger partial charge in [-0.3, -0.25) is 0 Å². The Morgan fingerprint density at radius 3 is 1.83 bits per heavy atom. The zero-order valence-corrected chi connectivity index (χ0v) is 29.9. The molecule has 1 atom stereocenters. The summed E-state index contributed by atoms with van der Waals surface area (Å²) in [4.78, 5) is 2.48. The fourth-order valence-electron chi connectivity index (χ4n) is 8.48. The van der Waals surface area contributed by atoms with E-state index >= 15 is 0 Å². The van der Waals surface area contributed by atoms with Crippen molar-refractivity contribution in [1.82, 2.24) is 4.57 Å². The molecule has 1 aromatic heterocycles. The van der Waals surface area contributed by atoms with E-state index in [4.69, 9.17) is 0 Å². The molecule has 1 aliphatic rings. The van der Waals surface area contributed by atoms with Gasteiger partial charge in [0.15, 0.2) is 0 Å². The van der Waals surface area contributed by atoms with Gasteiger partial charge in [-0.05, 0) is 88.0 Å². The molecule has 0 bridgehead atoms. The van der Waals surface area contributed by atoms with Crippen LogP contribution in [0.4, 0.5) is 11.4 Å². The molecular formula is C52H38N2. The van der Waals surface area contributed by atoms with Crippen LogP contribution in [0.3, 0.4) is 0 Å². The SMILES string of the molecule is C1=CC(c2cc3c(c4ccccc24)c2ccccc2n3-c2ccccc2)CC(N(c2ccc(-c3ccccc3)cc2)c2ccccc2-c2ccccc2)=C1. The van der Waals surface area contributed by atoms with Gasteiger partial charge in [-0.1, -0.05) is 164 Å². The molecule has 10 rings (SSSR count). The van der Waals surface area contributed by atoms with Crippen LogP contribution in [0.1, 0.15) is 17.9 Å². The summed E-state index contributed by atoms with van der Waals surface area (Å²) in [6.45, 7) is 0. The lowest BCUT2D eigenvalue weighted by atomic mass is 9.85. The van der Waals surface area contributed by atoms with E-state index in [1.807, 2.05) is 0 Å². The lowest BCUT2D eigenvalue weighted by Gasteiger charge is -2.33. The number of rotatable bonds is 7. The van der Waals surface area contributed by atoms with Crippen LogP contribution in [0, 0.1) is 0 Å². The van der Waals surface area contributed by atoms with Crippen molar-refractivity contribution in [3.05, 3.63) is 224 Å². The van der Waals surface area contributed by atoms with Crippen LogP contribution >= 0.6 is 0 Å². The van der Waals surface area contributed by atoms with E-state index in [0.29, 0.717) is 0 Å². The van der Waals surface area contributed by atoms with Crippen LogP contribution in [0.2, 0.25) is 0 Å². The summed E-state index contributed by atoms with van der Waals surface area (Å²) >= 11 is 0. The highest BCUT2D eigenvalue weighted by molar-refractivity contribution is 6.22. The van der Waals surface area contributed by atoms with Gasteiger partial charge >= 0.3 is 0 Å². The van der Waals surface area contributed by atoms with Gasteiger partial charge in [0.05, 0.1) is 16.7 Å². The average Bonchev–Trinajstić information content (AvgIpc) is 3.59. The highest BCUT2D eigenvalue weighted by Gasteiger charge is 2.26. The van der Waals surface area contributed by atoms with Crippen molar-refractivity contribution >= 4 is 44.0 Å². The Hall–Kier alpha value is -6.90. The molecule has 9 aromatic rings. The number of allylic oxidation sites excluding steroid dienone is 4. The molecule has 54 heavy (non-hydrogen) atoms. The fourth-order valence-corrected chi connectivity index (χ4v) is 8.48. The Morgan fingerprint density at radius 2 is 1.07 bits per heavy atom. The third-order valence-electron chi connectivity index (χ3n) is 10.9. The Balaban J connectivity index is 1.13. The molecular weight excluding hydrogens is 653 g/mol. The van der Waals surface area contributed by atoms with Gasteiger partial charge in [-0.15, -0.1) is 0 Å². The molecule has 0 aliphatic heterocycles. The first-order chi connectivity index (χ1) is 26.8. The van der Waals surface area contributed by atoms with Crippen molar-refractivity contribution in [3.8, 4) is 27.9 Å². The van der Waals surface area contributed by atoms with Gasteiger partial charge in [-0.2, -0.15) is 0 Å². The van der Waals surface area contributed by atoms with Crippen LogP contribution in [0.15, 0.2) is 218 Å². The second-order valence-corrected chi connectivity index (χ2v) is 14.1. The molecule has 8 aromatic carbocycles. The monoisotopic (exact) mass is 690 g/mol. The zero-order valence-electron chi connectivity index (χ0n) is 29.9. The quantitative estimate of drug-likeness (QED) is 0.162. The molecule has 0 amide bonds. The number of anilines is 2. The molecule has 256 valence electrons. The lowest BCUT2D eigenvalue weighted by molar-refractivity contribution is 0.801. The van der Waals surface area contributed by atoms with Gasteiger partial charge in [0.2, 0.25) is 0 Å². The molecule has 0 radical (unpaired) electrons. The predicted octanol–water partition coefficient (Wildman–Crippen LogP) is 14.0. The summed E-state index contributed by atoms with van der Waals surface area (Å²) in [7, 11) is 0. The van der Waals surface area contributed by atoms with E-state index < -0.39 is 0 Å². The predicted molar refractivity (Wildman–Crippen MR) is 229 cm³/mol. The minimum atomic E-state index is 0.163. The van der Waals surface area contributed by atoms with E-state index in [1.54, 1.807) is 0 Å². The first-order valence-electron chi connectivity index (χ1n) is 18.8. The first-order valence-corrected chi connectivity index (χ1v) is 18.8. The molecule has 1 aliphatic carbocycles. The number of para-hydroxylation sites is 3. The van der Waals surface area contributed by atoms with Gasteiger partial charge in [0.1, 0.15) is 0 Å². The first kappa shape index (κ1) is 31.8.